The monoisotopic (exact) mass is 490 g/mol. The van der Waals surface area contributed by atoms with Crippen LogP contribution in [0.15, 0.2) is 54.6 Å². The molecule has 0 unspecified atom stereocenters. The zero-order valence-corrected chi connectivity index (χ0v) is 21.5. The Kier molecular flexibility index (Phi) is 7.28. The maximum atomic E-state index is 6.06. The minimum absolute atomic E-state index is 0.718. The Hall–Kier alpha value is -2.99. The quantitative estimate of drug-likeness (QED) is 0.436. The van der Waals surface area contributed by atoms with Crippen molar-refractivity contribution >= 4 is 40.6 Å². The van der Waals surface area contributed by atoms with Crippen LogP contribution in [-0.4, -0.2) is 50.2 Å². The number of piperazine rings is 1. The average Bonchev–Trinajstić information content (AvgIpc) is 2.90. The van der Waals surface area contributed by atoms with Crippen molar-refractivity contribution < 1.29 is 0 Å². The van der Waals surface area contributed by atoms with Crippen LogP contribution in [0.4, 0.5) is 29.0 Å². The van der Waals surface area contributed by atoms with Gasteiger partial charge in [-0.2, -0.15) is 9.97 Å². The second kappa shape index (κ2) is 10.7. The molecule has 1 saturated carbocycles. The van der Waals surface area contributed by atoms with E-state index in [0.717, 1.165) is 60.4 Å². The topological polar surface area (TPSA) is 47.5 Å². The standard InChI is InChI=1S/C28H35ClN6/c1-33(2)27-20-26(30-24-12-8-22(9-13-24)21-6-4-3-5-7-21)31-28(32-27)35-18-16-34(17-19-35)25-14-10-23(29)11-15-25/h8-15,20-21H,3-7,16-19H2,1-2H3,(H,30,31,32). The minimum Gasteiger partial charge on any atom is -0.368 e. The van der Waals surface area contributed by atoms with Gasteiger partial charge in [-0.1, -0.05) is 43.0 Å². The third kappa shape index (κ3) is 5.81. The summed E-state index contributed by atoms with van der Waals surface area (Å²) in [6.07, 6.45) is 6.74. The summed E-state index contributed by atoms with van der Waals surface area (Å²) in [7, 11) is 4.04. The van der Waals surface area contributed by atoms with E-state index in [9.17, 15) is 0 Å². The molecular formula is C28H35ClN6. The summed E-state index contributed by atoms with van der Waals surface area (Å²) in [4.78, 5) is 16.4. The van der Waals surface area contributed by atoms with E-state index >= 15 is 0 Å². The van der Waals surface area contributed by atoms with Gasteiger partial charge < -0.3 is 20.0 Å². The molecule has 0 amide bonds. The lowest BCUT2D eigenvalue weighted by Gasteiger charge is -2.36. The van der Waals surface area contributed by atoms with Crippen molar-refractivity contribution in [3.63, 3.8) is 0 Å². The molecule has 2 aliphatic rings. The highest BCUT2D eigenvalue weighted by atomic mass is 35.5. The third-order valence-electron chi connectivity index (χ3n) is 7.17. The number of aromatic nitrogens is 2. The molecule has 1 aliphatic carbocycles. The Balaban J connectivity index is 1.28. The summed E-state index contributed by atoms with van der Waals surface area (Å²) < 4.78 is 0. The van der Waals surface area contributed by atoms with Gasteiger partial charge in [0.25, 0.3) is 0 Å². The first kappa shape index (κ1) is 23.7. The highest BCUT2D eigenvalue weighted by Gasteiger charge is 2.21. The molecule has 2 aromatic carbocycles. The summed E-state index contributed by atoms with van der Waals surface area (Å²) >= 11 is 6.06. The number of halogens is 1. The van der Waals surface area contributed by atoms with Gasteiger partial charge in [0.1, 0.15) is 11.6 Å². The first-order chi connectivity index (χ1) is 17.0. The molecule has 0 atom stereocenters. The third-order valence-corrected chi connectivity index (χ3v) is 7.42. The van der Waals surface area contributed by atoms with Crippen molar-refractivity contribution in [2.75, 3.05) is 60.3 Å². The van der Waals surface area contributed by atoms with Crippen molar-refractivity contribution in [3.8, 4) is 0 Å². The van der Waals surface area contributed by atoms with Crippen molar-refractivity contribution in [1.82, 2.24) is 9.97 Å². The average molecular weight is 491 g/mol. The lowest BCUT2D eigenvalue weighted by molar-refractivity contribution is 0.443. The van der Waals surface area contributed by atoms with E-state index in [1.54, 1.807) is 0 Å². The van der Waals surface area contributed by atoms with Crippen molar-refractivity contribution in [2.45, 2.75) is 38.0 Å². The van der Waals surface area contributed by atoms with Crippen LogP contribution in [0.5, 0.6) is 0 Å². The SMILES string of the molecule is CN(C)c1cc(Nc2ccc(C3CCCCC3)cc2)nc(N2CCN(c3ccc(Cl)cc3)CC2)n1. The zero-order valence-electron chi connectivity index (χ0n) is 20.8. The summed E-state index contributed by atoms with van der Waals surface area (Å²) in [5.74, 6) is 3.21. The molecule has 35 heavy (non-hydrogen) atoms. The van der Waals surface area contributed by atoms with Crippen LogP contribution in [0, 0.1) is 0 Å². The fraction of sp³-hybridized carbons (Fsp3) is 0.429. The van der Waals surface area contributed by atoms with Crippen LogP contribution in [-0.2, 0) is 0 Å². The maximum Gasteiger partial charge on any atom is 0.229 e. The van der Waals surface area contributed by atoms with Gasteiger partial charge in [0.2, 0.25) is 5.95 Å². The number of benzene rings is 2. The molecule has 2 heterocycles. The lowest BCUT2D eigenvalue weighted by Crippen LogP contribution is -2.47. The molecule has 0 spiro atoms. The highest BCUT2D eigenvalue weighted by Crippen LogP contribution is 2.33. The molecule has 3 aromatic rings. The molecule has 1 aromatic heterocycles. The van der Waals surface area contributed by atoms with E-state index < -0.39 is 0 Å². The Morgan fingerprint density at radius 3 is 2.14 bits per heavy atom. The smallest absolute Gasteiger partial charge is 0.229 e. The fourth-order valence-electron chi connectivity index (χ4n) is 5.10. The summed E-state index contributed by atoms with van der Waals surface area (Å²) in [5.41, 5.74) is 3.73. The Bertz CT molecular complexity index is 1100. The Labute approximate surface area is 213 Å². The van der Waals surface area contributed by atoms with Crippen LogP contribution in [0.1, 0.15) is 43.6 Å². The molecule has 6 nitrogen and oxygen atoms in total. The molecule has 1 N–H and O–H groups in total. The van der Waals surface area contributed by atoms with Crippen molar-refractivity contribution in [2.24, 2.45) is 0 Å². The second-order valence-corrected chi connectivity index (χ2v) is 10.3. The van der Waals surface area contributed by atoms with E-state index in [1.807, 2.05) is 37.2 Å². The van der Waals surface area contributed by atoms with Gasteiger partial charge >= 0.3 is 0 Å². The number of nitrogens with one attached hydrogen (secondary N) is 1. The van der Waals surface area contributed by atoms with Crippen LogP contribution in [0.3, 0.4) is 0 Å². The second-order valence-electron chi connectivity index (χ2n) is 9.84. The van der Waals surface area contributed by atoms with Crippen molar-refractivity contribution in [1.29, 1.82) is 0 Å². The van der Waals surface area contributed by atoms with E-state index in [-0.39, 0.29) is 0 Å². The number of rotatable bonds is 6. The number of anilines is 5. The van der Waals surface area contributed by atoms with Gasteiger partial charge in [0.05, 0.1) is 0 Å². The van der Waals surface area contributed by atoms with E-state index in [0.29, 0.717) is 0 Å². The molecule has 1 saturated heterocycles. The van der Waals surface area contributed by atoms with Gasteiger partial charge in [0, 0.05) is 62.7 Å². The predicted octanol–water partition coefficient (Wildman–Crippen LogP) is 6.31. The van der Waals surface area contributed by atoms with Gasteiger partial charge in [-0.25, -0.2) is 0 Å². The summed E-state index contributed by atoms with van der Waals surface area (Å²) in [6.45, 7) is 3.58. The van der Waals surface area contributed by atoms with Gasteiger partial charge in [-0.05, 0) is 60.7 Å². The largest absolute Gasteiger partial charge is 0.368 e. The van der Waals surface area contributed by atoms with Crippen molar-refractivity contribution in [3.05, 3.63) is 65.2 Å². The number of hydrogen-bond donors (Lipinski definition) is 1. The molecular weight excluding hydrogens is 456 g/mol. The molecule has 7 heteroatoms. The number of hydrogen-bond acceptors (Lipinski definition) is 6. The van der Waals surface area contributed by atoms with Crippen LogP contribution < -0.4 is 20.0 Å². The van der Waals surface area contributed by atoms with Gasteiger partial charge in [-0.3, -0.25) is 0 Å². The lowest BCUT2D eigenvalue weighted by atomic mass is 9.84. The summed E-state index contributed by atoms with van der Waals surface area (Å²) in [6, 6.07) is 19.0. The normalized spacial score (nSPS) is 16.9. The fourth-order valence-corrected chi connectivity index (χ4v) is 5.22. The predicted molar refractivity (Wildman–Crippen MR) is 148 cm³/mol. The van der Waals surface area contributed by atoms with Crippen LogP contribution in [0.2, 0.25) is 5.02 Å². The first-order valence-corrected chi connectivity index (χ1v) is 13.1. The Morgan fingerprint density at radius 1 is 0.829 bits per heavy atom. The first-order valence-electron chi connectivity index (χ1n) is 12.7. The molecule has 1 aliphatic heterocycles. The molecule has 184 valence electrons. The Morgan fingerprint density at radius 2 is 1.49 bits per heavy atom. The highest BCUT2D eigenvalue weighted by molar-refractivity contribution is 6.30. The van der Waals surface area contributed by atoms with Gasteiger partial charge in [0.15, 0.2) is 0 Å². The molecule has 2 fully saturated rings. The molecule has 5 rings (SSSR count). The van der Waals surface area contributed by atoms with E-state index in [1.165, 1.54) is 43.4 Å². The van der Waals surface area contributed by atoms with E-state index in [2.05, 4.69) is 51.5 Å². The van der Waals surface area contributed by atoms with Crippen LogP contribution in [0.25, 0.3) is 0 Å². The minimum atomic E-state index is 0.718. The molecule has 0 radical (unpaired) electrons. The maximum absolute atomic E-state index is 6.06. The number of nitrogens with zero attached hydrogens (tertiary/aromatic N) is 5. The zero-order chi connectivity index (χ0) is 24.2. The van der Waals surface area contributed by atoms with Gasteiger partial charge in [-0.15, -0.1) is 0 Å². The summed E-state index contributed by atoms with van der Waals surface area (Å²) in [5, 5.41) is 4.29. The molecule has 0 bridgehead atoms. The van der Waals surface area contributed by atoms with Crippen LogP contribution >= 0.6 is 11.6 Å². The van der Waals surface area contributed by atoms with E-state index in [4.69, 9.17) is 21.6 Å².